The summed E-state index contributed by atoms with van der Waals surface area (Å²) < 4.78 is 5.59. The topological polar surface area (TPSA) is 87.8 Å². The monoisotopic (exact) mass is 458 g/mol. The maximum atomic E-state index is 12.8. The molecule has 1 fully saturated rings. The molecule has 1 amide bonds. The van der Waals surface area contributed by atoms with Crippen LogP contribution in [-0.4, -0.2) is 65.6 Å². The summed E-state index contributed by atoms with van der Waals surface area (Å²) in [6.45, 7) is 6.94. The SMILES string of the molecule is Cc1ccc(OC(=O)N2CCc3ccc(-c4cc(N5CCN(C)CC5)nc(N)n4)cc3C2)cc1. The second-order valence-corrected chi connectivity index (χ2v) is 9.10. The summed E-state index contributed by atoms with van der Waals surface area (Å²) in [5, 5.41) is 0. The normalized spacial score (nSPS) is 16.3. The molecule has 34 heavy (non-hydrogen) atoms. The number of carbonyl (C=O) groups is 1. The van der Waals surface area contributed by atoms with Crippen molar-refractivity contribution >= 4 is 17.9 Å². The number of fused-ring (bicyclic) bond motifs is 1. The molecule has 0 aliphatic carbocycles. The zero-order valence-electron chi connectivity index (χ0n) is 19.7. The van der Waals surface area contributed by atoms with Gasteiger partial charge in [0, 0.05) is 50.9 Å². The predicted molar refractivity (Wildman–Crippen MR) is 133 cm³/mol. The molecule has 3 aromatic rings. The van der Waals surface area contributed by atoms with Crippen molar-refractivity contribution in [3.63, 3.8) is 0 Å². The lowest BCUT2D eigenvalue weighted by molar-refractivity contribution is 0.147. The van der Waals surface area contributed by atoms with Crippen LogP contribution in [0.3, 0.4) is 0 Å². The molecule has 0 radical (unpaired) electrons. The Morgan fingerprint density at radius 3 is 2.47 bits per heavy atom. The summed E-state index contributed by atoms with van der Waals surface area (Å²) in [5.41, 5.74) is 11.3. The van der Waals surface area contributed by atoms with Crippen molar-refractivity contribution in [2.45, 2.75) is 19.9 Å². The average Bonchev–Trinajstić information content (AvgIpc) is 2.85. The van der Waals surface area contributed by atoms with Crippen molar-refractivity contribution in [3.8, 4) is 17.0 Å². The molecule has 2 aliphatic heterocycles. The first kappa shape index (κ1) is 22.2. The number of nitrogens with zero attached hydrogens (tertiary/aromatic N) is 5. The zero-order chi connectivity index (χ0) is 23.7. The van der Waals surface area contributed by atoms with Crippen LogP contribution in [0.15, 0.2) is 48.5 Å². The minimum atomic E-state index is -0.330. The van der Waals surface area contributed by atoms with E-state index in [2.05, 4.69) is 45.0 Å². The largest absolute Gasteiger partial charge is 0.415 e. The summed E-state index contributed by atoms with van der Waals surface area (Å²) in [4.78, 5) is 28.1. The Labute approximate surface area is 200 Å². The van der Waals surface area contributed by atoms with Crippen molar-refractivity contribution in [3.05, 3.63) is 65.2 Å². The fraction of sp³-hybridized carbons (Fsp3) is 0.346. The van der Waals surface area contributed by atoms with E-state index in [-0.39, 0.29) is 12.0 Å². The van der Waals surface area contributed by atoms with E-state index >= 15 is 0 Å². The number of nitrogens with two attached hydrogens (primary N) is 1. The smallest absolute Gasteiger partial charge is 0.410 e. The van der Waals surface area contributed by atoms with Crippen LogP contribution in [0, 0.1) is 6.92 Å². The zero-order valence-corrected chi connectivity index (χ0v) is 19.7. The number of carbonyl (C=O) groups excluding carboxylic acids is 1. The molecular formula is C26H30N6O2. The molecule has 3 heterocycles. The number of piperazine rings is 1. The van der Waals surface area contributed by atoms with Gasteiger partial charge >= 0.3 is 6.09 Å². The number of benzene rings is 2. The Hall–Kier alpha value is -3.65. The lowest BCUT2D eigenvalue weighted by Gasteiger charge is -2.33. The molecule has 0 saturated carbocycles. The van der Waals surface area contributed by atoms with E-state index in [9.17, 15) is 4.79 Å². The predicted octanol–water partition coefficient (Wildman–Crippen LogP) is 3.34. The van der Waals surface area contributed by atoms with E-state index in [0.29, 0.717) is 18.8 Å². The fourth-order valence-corrected chi connectivity index (χ4v) is 4.44. The van der Waals surface area contributed by atoms with E-state index in [1.54, 1.807) is 4.90 Å². The van der Waals surface area contributed by atoms with Gasteiger partial charge in [0.05, 0.1) is 5.69 Å². The minimum absolute atomic E-state index is 0.271. The molecular weight excluding hydrogens is 428 g/mol. The number of hydrogen-bond acceptors (Lipinski definition) is 7. The maximum absolute atomic E-state index is 12.8. The van der Waals surface area contributed by atoms with Gasteiger partial charge in [-0.25, -0.2) is 9.78 Å². The molecule has 0 unspecified atom stereocenters. The molecule has 5 rings (SSSR count). The third kappa shape index (κ3) is 4.82. The summed E-state index contributed by atoms with van der Waals surface area (Å²) in [6.07, 6.45) is 0.459. The van der Waals surface area contributed by atoms with Crippen molar-refractivity contribution in [1.29, 1.82) is 0 Å². The lowest BCUT2D eigenvalue weighted by Crippen LogP contribution is -2.44. The highest BCUT2D eigenvalue weighted by molar-refractivity contribution is 5.72. The van der Waals surface area contributed by atoms with Gasteiger partial charge in [0.2, 0.25) is 5.95 Å². The van der Waals surface area contributed by atoms with Crippen LogP contribution < -0.4 is 15.4 Å². The Kier molecular flexibility index (Phi) is 6.06. The van der Waals surface area contributed by atoms with E-state index in [4.69, 9.17) is 10.5 Å². The lowest BCUT2D eigenvalue weighted by atomic mass is 9.96. The number of ether oxygens (including phenoxy) is 1. The number of rotatable bonds is 3. The maximum Gasteiger partial charge on any atom is 0.415 e. The van der Waals surface area contributed by atoms with E-state index < -0.39 is 0 Å². The van der Waals surface area contributed by atoms with Crippen molar-refractivity contribution in [2.75, 3.05) is 50.4 Å². The quantitative estimate of drug-likeness (QED) is 0.644. The highest BCUT2D eigenvalue weighted by Crippen LogP contribution is 2.28. The van der Waals surface area contributed by atoms with Crippen LogP contribution in [0.1, 0.15) is 16.7 Å². The van der Waals surface area contributed by atoms with Gasteiger partial charge in [-0.3, -0.25) is 0 Å². The molecule has 2 aromatic carbocycles. The van der Waals surface area contributed by atoms with E-state index in [1.165, 1.54) is 5.56 Å². The van der Waals surface area contributed by atoms with Crippen molar-refractivity contribution < 1.29 is 9.53 Å². The molecule has 2 N–H and O–H groups in total. The molecule has 0 atom stereocenters. The van der Waals surface area contributed by atoms with Crippen LogP contribution in [0.25, 0.3) is 11.3 Å². The van der Waals surface area contributed by atoms with Gasteiger partial charge in [0.25, 0.3) is 0 Å². The second kappa shape index (κ2) is 9.30. The molecule has 176 valence electrons. The minimum Gasteiger partial charge on any atom is -0.410 e. The van der Waals surface area contributed by atoms with Gasteiger partial charge in [-0.15, -0.1) is 0 Å². The number of nitrogen functional groups attached to an aromatic ring is 1. The molecule has 8 heteroatoms. The second-order valence-electron chi connectivity index (χ2n) is 9.10. The van der Waals surface area contributed by atoms with E-state index in [1.807, 2.05) is 37.3 Å². The van der Waals surface area contributed by atoms with E-state index in [0.717, 1.165) is 60.8 Å². The van der Waals surface area contributed by atoms with Gasteiger partial charge < -0.3 is 25.2 Å². The Balaban J connectivity index is 1.34. The van der Waals surface area contributed by atoms with Crippen molar-refractivity contribution in [1.82, 2.24) is 19.8 Å². The number of aryl methyl sites for hydroxylation is 1. The number of likely N-dealkylation sites (N-methyl/N-ethyl adjacent to an activating group) is 1. The number of hydrogen-bond donors (Lipinski definition) is 1. The summed E-state index contributed by atoms with van der Waals surface area (Å²) in [6, 6.07) is 15.8. The Morgan fingerprint density at radius 2 is 1.71 bits per heavy atom. The molecule has 8 nitrogen and oxygen atoms in total. The average molecular weight is 459 g/mol. The van der Waals surface area contributed by atoms with Crippen LogP contribution in [0.2, 0.25) is 0 Å². The van der Waals surface area contributed by atoms with Gasteiger partial charge in [-0.05, 0) is 49.7 Å². The van der Waals surface area contributed by atoms with Crippen LogP contribution >= 0.6 is 0 Å². The van der Waals surface area contributed by atoms with Gasteiger partial charge in [0.15, 0.2) is 0 Å². The van der Waals surface area contributed by atoms with Gasteiger partial charge in [0.1, 0.15) is 11.6 Å². The molecule has 0 spiro atoms. The summed E-state index contributed by atoms with van der Waals surface area (Å²) in [5.74, 6) is 1.69. The third-order valence-corrected chi connectivity index (χ3v) is 6.56. The highest BCUT2D eigenvalue weighted by Gasteiger charge is 2.23. The standard InChI is InChI=1S/C26H30N6O2/c1-18-3-7-22(8-4-18)34-26(33)32-10-9-19-5-6-20(15-21(19)17-32)23-16-24(29-25(27)28-23)31-13-11-30(2)12-14-31/h3-8,15-16H,9-14,17H2,1-2H3,(H2,27,28,29). The van der Waals surface area contributed by atoms with Crippen molar-refractivity contribution in [2.24, 2.45) is 0 Å². The Bertz CT molecular complexity index is 1190. The fourth-order valence-electron chi connectivity index (χ4n) is 4.44. The first-order valence-electron chi connectivity index (χ1n) is 11.7. The third-order valence-electron chi connectivity index (χ3n) is 6.56. The highest BCUT2D eigenvalue weighted by atomic mass is 16.6. The molecule has 0 bridgehead atoms. The Morgan fingerprint density at radius 1 is 0.941 bits per heavy atom. The number of aromatic nitrogens is 2. The first-order valence-corrected chi connectivity index (χ1v) is 11.7. The van der Waals surface area contributed by atoms with Gasteiger partial charge in [-0.2, -0.15) is 4.98 Å². The number of anilines is 2. The molecule has 1 aromatic heterocycles. The molecule has 1 saturated heterocycles. The summed E-state index contributed by atoms with van der Waals surface area (Å²) in [7, 11) is 2.13. The first-order chi connectivity index (χ1) is 16.4. The van der Waals surface area contributed by atoms with Crippen LogP contribution in [0.5, 0.6) is 5.75 Å². The molecule has 2 aliphatic rings. The number of amides is 1. The van der Waals surface area contributed by atoms with Gasteiger partial charge in [-0.1, -0.05) is 29.8 Å². The summed E-state index contributed by atoms with van der Waals surface area (Å²) >= 11 is 0. The van der Waals surface area contributed by atoms with Crippen LogP contribution in [-0.2, 0) is 13.0 Å². The van der Waals surface area contributed by atoms with Crippen LogP contribution in [0.4, 0.5) is 16.6 Å².